The molecule has 1 amide bonds. The third-order valence-corrected chi connectivity index (χ3v) is 3.07. The normalized spacial score (nSPS) is 10.3. The molecule has 0 aromatic heterocycles. The second kappa shape index (κ2) is 5.65. The molecule has 0 spiro atoms. The molecule has 0 fully saturated rings. The average molecular weight is 257 g/mol. The molecule has 3 heteroatoms. The predicted octanol–water partition coefficient (Wildman–Crippen LogP) is 3.95. The van der Waals surface area contributed by atoms with Crippen LogP contribution in [0.4, 0.5) is 10.1 Å². The van der Waals surface area contributed by atoms with E-state index in [0.29, 0.717) is 11.3 Å². The molecule has 0 saturated carbocycles. The topological polar surface area (TPSA) is 29.1 Å². The molecule has 1 N–H and O–H groups in total. The van der Waals surface area contributed by atoms with Gasteiger partial charge in [-0.2, -0.15) is 0 Å². The number of carbonyl (C=O) groups is 1. The smallest absolute Gasteiger partial charge is 0.258 e. The fourth-order valence-corrected chi connectivity index (χ4v) is 1.94. The first-order chi connectivity index (χ1) is 9.11. The van der Waals surface area contributed by atoms with Crippen molar-refractivity contribution in [2.75, 3.05) is 5.32 Å². The molecule has 0 aliphatic carbocycles. The zero-order valence-corrected chi connectivity index (χ0v) is 11.0. The quantitative estimate of drug-likeness (QED) is 0.886. The fourth-order valence-electron chi connectivity index (χ4n) is 1.94. The Kier molecular flexibility index (Phi) is 3.95. The van der Waals surface area contributed by atoms with Crippen LogP contribution >= 0.6 is 0 Å². The Morgan fingerprint density at radius 1 is 1.16 bits per heavy atom. The van der Waals surface area contributed by atoms with Gasteiger partial charge in [0.25, 0.3) is 5.91 Å². The molecular weight excluding hydrogens is 241 g/mol. The minimum atomic E-state index is -0.498. The molecule has 0 aliphatic heterocycles. The van der Waals surface area contributed by atoms with Crippen LogP contribution in [-0.4, -0.2) is 5.91 Å². The van der Waals surface area contributed by atoms with Gasteiger partial charge in [-0.1, -0.05) is 31.2 Å². The first kappa shape index (κ1) is 13.3. The van der Waals surface area contributed by atoms with Crippen LogP contribution in [0.2, 0.25) is 0 Å². The lowest BCUT2D eigenvalue weighted by Gasteiger charge is -2.09. The van der Waals surface area contributed by atoms with Gasteiger partial charge in [-0.25, -0.2) is 4.39 Å². The minimum absolute atomic E-state index is 0.0991. The summed E-state index contributed by atoms with van der Waals surface area (Å²) in [5, 5.41) is 2.71. The van der Waals surface area contributed by atoms with Crippen molar-refractivity contribution in [3.63, 3.8) is 0 Å². The van der Waals surface area contributed by atoms with E-state index in [0.717, 1.165) is 6.42 Å². The van der Waals surface area contributed by atoms with Crippen LogP contribution in [0.15, 0.2) is 42.5 Å². The van der Waals surface area contributed by atoms with Crippen LogP contribution < -0.4 is 5.32 Å². The molecule has 98 valence electrons. The highest BCUT2D eigenvalue weighted by Gasteiger charge is 2.14. The van der Waals surface area contributed by atoms with Crippen molar-refractivity contribution < 1.29 is 9.18 Å². The standard InChI is InChI=1S/C16H16FNO/c1-3-12-7-9-13(10-8-12)18-16(19)15-11(2)5-4-6-14(15)17/h4-10H,3H2,1-2H3,(H,18,19). The monoisotopic (exact) mass is 257 g/mol. The summed E-state index contributed by atoms with van der Waals surface area (Å²) >= 11 is 0. The van der Waals surface area contributed by atoms with Crippen molar-refractivity contribution in [1.29, 1.82) is 0 Å². The lowest BCUT2D eigenvalue weighted by atomic mass is 10.1. The predicted molar refractivity (Wildman–Crippen MR) is 74.9 cm³/mol. The molecule has 19 heavy (non-hydrogen) atoms. The third kappa shape index (κ3) is 2.99. The van der Waals surface area contributed by atoms with Gasteiger partial charge < -0.3 is 5.32 Å². The zero-order valence-electron chi connectivity index (χ0n) is 11.0. The van der Waals surface area contributed by atoms with E-state index in [1.165, 1.54) is 11.6 Å². The Morgan fingerprint density at radius 2 is 1.84 bits per heavy atom. The number of carbonyl (C=O) groups excluding carboxylic acids is 1. The number of nitrogens with one attached hydrogen (secondary N) is 1. The Labute approximate surface area is 112 Å². The number of rotatable bonds is 3. The maximum absolute atomic E-state index is 13.7. The van der Waals surface area contributed by atoms with E-state index < -0.39 is 11.7 Å². The van der Waals surface area contributed by atoms with Crippen LogP contribution in [-0.2, 0) is 6.42 Å². The molecule has 0 aliphatic rings. The molecule has 2 aromatic carbocycles. The van der Waals surface area contributed by atoms with Crippen molar-refractivity contribution in [3.05, 3.63) is 65.0 Å². The molecule has 0 heterocycles. The Bertz CT molecular complexity index is 570. The number of halogens is 1. The van der Waals surface area contributed by atoms with Crippen LogP contribution in [0, 0.1) is 12.7 Å². The molecule has 2 nitrogen and oxygen atoms in total. The van der Waals surface area contributed by atoms with Crippen molar-refractivity contribution in [2.45, 2.75) is 20.3 Å². The van der Waals surface area contributed by atoms with Gasteiger partial charge in [0.15, 0.2) is 0 Å². The lowest BCUT2D eigenvalue weighted by molar-refractivity contribution is 0.102. The van der Waals surface area contributed by atoms with E-state index in [1.54, 1.807) is 19.1 Å². The molecule has 0 atom stereocenters. The maximum Gasteiger partial charge on any atom is 0.258 e. The SMILES string of the molecule is CCc1ccc(NC(=O)c2c(C)cccc2F)cc1. The summed E-state index contributed by atoms with van der Waals surface area (Å²) in [4.78, 5) is 12.1. The highest BCUT2D eigenvalue weighted by molar-refractivity contribution is 6.05. The van der Waals surface area contributed by atoms with Crippen molar-refractivity contribution in [2.24, 2.45) is 0 Å². The van der Waals surface area contributed by atoms with Crippen molar-refractivity contribution in [3.8, 4) is 0 Å². The van der Waals surface area contributed by atoms with Crippen LogP contribution in [0.25, 0.3) is 0 Å². The number of hydrogen-bond acceptors (Lipinski definition) is 1. The highest BCUT2D eigenvalue weighted by atomic mass is 19.1. The van der Waals surface area contributed by atoms with Gasteiger partial charge in [-0.05, 0) is 42.7 Å². The summed E-state index contributed by atoms with van der Waals surface area (Å²) in [5.41, 5.74) is 2.59. The maximum atomic E-state index is 13.7. The second-order valence-corrected chi connectivity index (χ2v) is 4.44. The van der Waals surface area contributed by atoms with Gasteiger partial charge in [0.1, 0.15) is 5.82 Å². The van der Waals surface area contributed by atoms with Gasteiger partial charge in [0.2, 0.25) is 0 Å². The molecular formula is C16H16FNO. The first-order valence-electron chi connectivity index (χ1n) is 6.27. The van der Waals surface area contributed by atoms with Gasteiger partial charge in [0, 0.05) is 5.69 Å². The summed E-state index contributed by atoms with van der Waals surface area (Å²) in [7, 11) is 0. The molecule has 0 saturated heterocycles. The number of amides is 1. The van der Waals surface area contributed by atoms with E-state index in [1.807, 2.05) is 24.3 Å². The Hall–Kier alpha value is -2.16. The number of anilines is 1. The average Bonchev–Trinajstić information content (AvgIpc) is 2.39. The molecule has 0 unspecified atom stereocenters. The van der Waals surface area contributed by atoms with E-state index >= 15 is 0 Å². The van der Waals surface area contributed by atoms with Gasteiger partial charge >= 0.3 is 0 Å². The molecule has 0 bridgehead atoms. The van der Waals surface area contributed by atoms with Crippen LogP contribution in [0.5, 0.6) is 0 Å². The minimum Gasteiger partial charge on any atom is -0.322 e. The summed E-state index contributed by atoms with van der Waals surface area (Å²) in [6.45, 7) is 3.79. The summed E-state index contributed by atoms with van der Waals surface area (Å²) in [6.07, 6.45) is 0.945. The number of aryl methyl sites for hydroxylation is 2. The van der Waals surface area contributed by atoms with Crippen LogP contribution in [0.1, 0.15) is 28.4 Å². The molecule has 0 radical (unpaired) electrons. The zero-order chi connectivity index (χ0) is 13.8. The number of hydrogen-bond donors (Lipinski definition) is 1. The largest absolute Gasteiger partial charge is 0.322 e. The second-order valence-electron chi connectivity index (χ2n) is 4.44. The van der Waals surface area contributed by atoms with E-state index in [2.05, 4.69) is 12.2 Å². The summed E-state index contributed by atoms with van der Waals surface area (Å²) in [5.74, 6) is -0.914. The third-order valence-electron chi connectivity index (χ3n) is 3.07. The van der Waals surface area contributed by atoms with Crippen molar-refractivity contribution in [1.82, 2.24) is 0 Å². The van der Waals surface area contributed by atoms with Gasteiger partial charge in [0.05, 0.1) is 5.56 Å². The fraction of sp³-hybridized carbons (Fsp3) is 0.188. The Morgan fingerprint density at radius 3 is 2.42 bits per heavy atom. The first-order valence-corrected chi connectivity index (χ1v) is 6.27. The highest BCUT2D eigenvalue weighted by Crippen LogP contribution is 2.16. The number of benzene rings is 2. The van der Waals surface area contributed by atoms with Gasteiger partial charge in [-0.15, -0.1) is 0 Å². The van der Waals surface area contributed by atoms with Gasteiger partial charge in [-0.3, -0.25) is 4.79 Å². The Balaban J connectivity index is 2.21. The summed E-state index contributed by atoms with van der Waals surface area (Å²) in [6, 6.07) is 12.2. The van der Waals surface area contributed by atoms with E-state index in [9.17, 15) is 9.18 Å². The molecule has 2 rings (SSSR count). The van der Waals surface area contributed by atoms with Crippen LogP contribution in [0.3, 0.4) is 0 Å². The van der Waals surface area contributed by atoms with Crippen molar-refractivity contribution >= 4 is 11.6 Å². The lowest BCUT2D eigenvalue weighted by Crippen LogP contribution is -2.15. The summed E-state index contributed by atoms with van der Waals surface area (Å²) < 4.78 is 13.7. The van der Waals surface area contributed by atoms with E-state index in [4.69, 9.17) is 0 Å². The van der Waals surface area contributed by atoms with E-state index in [-0.39, 0.29) is 5.56 Å². The molecule has 2 aromatic rings.